The van der Waals surface area contributed by atoms with E-state index in [4.69, 9.17) is 9.05 Å². The molecule has 0 aromatic rings. The van der Waals surface area contributed by atoms with Gasteiger partial charge in [-0.2, -0.15) is 0 Å². The number of allylic oxidation sites excluding steroid dienone is 23. The average Bonchev–Trinajstić information content (AvgIpc) is 3.36. The van der Waals surface area contributed by atoms with Crippen molar-refractivity contribution < 1.29 is 32.9 Å². The maximum atomic E-state index is 13.0. The minimum atomic E-state index is -4.39. The lowest BCUT2D eigenvalue weighted by Gasteiger charge is -2.25. The van der Waals surface area contributed by atoms with Crippen LogP contribution in [0.5, 0.6) is 0 Å². The number of nitrogens with one attached hydrogen (secondary N) is 1. The fourth-order valence-corrected chi connectivity index (χ4v) is 8.22. The zero-order valence-corrected chi connectivity index (χ0v) is 48.7. The highest BCUT2D eigenvalue weighted by molar-refractivity contribution is 7.47. The number of hydrogen-bond donors (Lipinski definition) is 3. The Labute approximate surface area is 455 Å². The second-order valence-corrected chi connectivity index (χ2v) is 21.7. The van der Waals surface area contributed by atoms with Crippen LogP contribution in [-0.4, -0.2) is 73.4 Å². The molecule has 0 aliphatic rings. The lowest BCUT2D eigenvalue weighted by atomic mass is 10.0. The topological polar surface area (TPSA) is 105 Å². The van der Waals surface area contributed by atoms with Crippen molar-refractivity contribution in [1.82, 2.24) is 5.32 Å². The number of hydrogen-bond acceptors (Lipinski definition) is 5. The number of carbonyl (C=O) groups excluding carboxylic acids is 1. The summed E-state index contributed by atoms with van der Waals surface area (Å²) in [6, 6.07) is -0.913. The van der Waals surface area contributed by atoms with Gasteiger partial charge in [-0.1, -0.05) is 237 Å². The molecule has 0 fully saturated rings. The van der Waals surface area contributed by atoms with Gasteiger partial charge in [-0.3, -0.25) is 13.8 Å². The van der Waals surface area contributed by atoms with Crippen molar-refractivity contribution in [2.24, 2.45) is 0 Å². The maximum Gasteiger partial charge on any atom is 0.472 e. The van der Waals surface area contributed by atoms with Crippen LogP contribution in [0.4, 0.5) is 0 Å². The first-order chi connectivity index (χ1) is 36.0. The minimum absolute atomic E-state index is 0.0339. The summed E-state index contributed by atoms with van der Waals surface area (Å²) in [7, 11) is 1.49. The third-order valence-corrected chi connectivity index (χ3v) is 13.0. The van der Waals surface area contributed by atoms with E-state index >= 15 is 0 Å². The van der Waals surface area contributed by atoms with Gasteiger partial charge in [0, 0.05) is 6.42 Å². The Bertz CT molecular complexity index is 1710. The summed E-state index contributed by atoms with van der Waals surface area (Å²) in [4.78, 5) is 23.3. The molecule has 9 heteroatoms. The van der Waals surface area contributed by atoms with Gasteiger partial charge >= 0.3 is 7.82 Å². The fraction of sp³-hybridized carbons (Fsp3) is 0.615. The molecule has 0 spiro atoms. The zero-order chi connectivity index (χ0) is 54.2. The van der Waals surface area contributed by atoms with Crippen molar-refractivity contribution in [3.05, 3.63) is 146 Å². The third-order valence-electron chi connectivity index (χ3n) is 12.0. The Hall–Kier alpha value is -3.62. The van der Waals surface area contributed by atoms with Gasteiger partial charge in [0.15, 0.2) is 0 Å². The smallest absolute Gasteiger partial charge is 0.387 e. The van der Waals surface area contributed by atoms with Gasteiger partial charge in [-0.15, -0.1) is 0 Å². The number of unbranched alkanes of at least 4 members (excludes halogenated alkanes) is 16. The number of rotatable bonds is 51. The van der Waals surface area contributed by atoms with E-state index in [1.54, 1.807) is 6.08 Å². The highest BCUT2D eigenvalue weighted by atomic mass is 31.2. The predicted molar refractivity (Wildman–Crippen MR) is 322 cm³/mol. The summed E-state index contributed by atoms with van der Waals surface area (Å²) in [6.45, 7) is 4.61. The number of carbonyl (C=O) groups is 1. The first-order valence-electron chi connectivity index (χ1n) is 29.2. The van der Waals surface area contributed by atoms with Crippen molar-refractivity contribution in [2.45, 2.75) is 219 Å². The molecule has 0 aliphatic heterocycles. The van der Waals surface area contributed by atoms with Crippen LogP contribution < -0.4 is 5.32 Å². The van der Waals surface area contributed by atoms with Crippen LogP contribution in [-0.2, 0) is 18.4 Å². The Kier molecular flexibility index (Phi) is 51.5. The van der Waals surface area contributed by atoms with Crippen molar-refractivity contribution in [1.29, 1.82) is 0 Å². The molecule has 1 amide bonds. The van der Waals surface area contributed by atoms with Crippen LogP contribution in [0.15, 0.2) is 146 Å². The molecule has 420 valence electrons. The molecule has 0 radical (unpaired) electrons. The molecule has 0 aromatic carbocycles. The normalized spacial score (nSPS) is 15.0. The molecule has 74 heavy (non-hydrogen) atoms. The van der Waals surface area contributed by atoms with Crippen LogP contribution in [0.1, 0.15) is 206 Å². The number of nitrogens with zero attached hydrogens (tertiary/aromatic N) is 1. The standard InChI is InChI=1S/C65H109N2O6P/c1-6-8-10-12-14-16-18-20-22-24-26-28-30-31-32-33-34-35-37-39-41-43-45-47-49-51-53-55-57-59-65(69)66-63(62-73-74(70,71)72-61-60-67(3,4)5)64(68)58-56-54-52-50-48-46-44-42-40-38-36-29-27-25-23-21-19-17-15-13-11-9-7-2/h8,10,14,16,20,22,26,28,31-32,34-35,39-42,45,47-48,50-51,53,56,58,63-64,68H,6-7,9,11-13,15,17-19,21,23-25,27,29-30,33,36-38,43-44,46,49,52,54-55,57,59-62H2,1-5H3,(H-,66,69,70,71)/p+1/b10-8-,16-14-,22-20-,28-26-,32-31-,35-34-,41-39-,42-40+,47-45-,50-48+,53-51-,58-56+. The first kappa shape index (κ1) is 70.4. The molecule has 0 heterocycles. The fourth-order valence-electron chi connectivity index (χ4n) is 7.49. The summed E-state index contributed by atoms with van der Waals surface area (Å²) in [5.41, 5.74) is 0. The lowest BCUT2D eigenvalue weighted by Crippen LogP contribution is -2.45. The second-order valence-electron chi connectivity index (χ2n) is 20.3. The Balaban J connectivity index is 4.45. The van der Waals surface area contributed by atoms with Crippen LogP contribution in [0.2, 0.25) is 0 Å². The van der Waals surface area contributed by atoms with Gasteiger partial charge in [0.1, 0.15) is 13.2 Å². The zero-order valence-electron chi connectivity index (χ0n) is 47.8. The van der Waals surface area contributed by atoms with Gasteiger partial charge in [-0.05, 0) is 109 Å². The Morgan fingerprint density at radius 3 is 1.24 bits per heavy atom. The van der Waals surface area contributed by atoms with E-state index in [9.17, 15) is 19.4 Å². The number of aliphatic hydroxyl groups excluding tert-OH is 1. The quantitative estimate of drug-likeness (QED) is 0.0243. The van der Waals surface area contributed by atoms with Gasteiger partial charge < -0.3 is 19.8 Å². The summed E-state index contributed by atoms with van der Waals surface area (Å²) in [5.74, 6) is -0.254. The summed E-state index contributed by atoms with van der Waals surface area (Å²) >= 11 is 0. The number of quaternary nitrogens is 1. The van der Waals surface area contributed by atoms with Gasteiger partial charge in [-0.25, -0.2) is 4.57 Å². The molecule has 8 nitrogen and oxygen atoms in total. The molecular weight excluding hydrogens is 936 g/mol. The molecule has 3 atom stereocenters. The number of phosphoric ester groups is 1. The maximum absolute atomic E-state index is 13.0. The van der Waals surface area contributed by atoms with Crippen molar-refractivity contribution in [3.63, 3.8) is 0 Å². The number of phosphoric acid groups is 1. The molecule has 0 saturated carbocycles. The molecule has 0 aromatic heterocycles. The highest BCUT2D eigenvalue weighted by Gasteiger charge is 2.27. The monoisotopic (exact) mass is 1050 g/mol. The molecule has 3 unspecified atom stereocenters. The van der Waals surface area contributed by atoms with Crippen molar-refractivity contribution in [3.8, 4) is 0 Å². The van der Waals surface area contributed by atoms with Gasteiger partial charge in [0.25, 0.3) is 0 Å². The van der Waals surface area contributed by atoms with E-state index in [1.165, 1.54) is 89.9 Å². The lowest BCUT2D eigenvalue weighted by molar-refractivity contribution is -0.870. The van der Waals surface area contributed by atoms with E-state index < -0.39 is 20.0 Å². The number of aliphatic hydroxyl groups is 1. The van der Waals surface area contributed by atoms with Gasteiger partial charge in [0.05, 0.1) is 39.9 Å². The third kappa shape index (κ3) is 56.1. The predicted octanol–water partition coefficient (Wildman–Crippen LogP) is 18.1. The van der Waals surface area contributed by atoms with Crippen LogP contribution in [0.25, 0.3) is 0 Å². The van der Waals surface area contributed by atoms with E-state index in [-0.39, 0.29) is 25.5 Å². The first-order valence-corrected chi connectivity index (χ1v) is 30.7. The van der Waals surface area contributed by atoms with Crippen molar-refractivity contribution in [2.75, 3.05) is 40.9 Å². The van der Waals surface area contributed by atoms with Gasteiger partial charge in [0.2, 0.25) is 5.91 Å². The summed E-state index contributed by atoms with van der Waals surface area (Å²) in [6.07, 6.45) is 83.9. The molecule has 0 saturated heterocycles. The number of amides is 1. The van der Waals surface area contributed by atoms with Crippen molar-refractivity contribution >= 4 is 13.7 Å². The average molecular weight is 1050 g/mol. The molecular formula is C65H110N2O6P+. The molecule has 3 N–H and O–H groups in total. The van der Waals surface area contributed by atoms with E-state index in [0.29, 0.717) is 17.4 Å². The molecule has 0 bridgehead atoms. The molecule has 0 rings (SSSR count). The van der Waals surface area contributed by atoms with E-state index in [2.05, 4.69) is 153 Å². The summed E-state index contributed by atoms with van der Waals surface area (Å²) in [5, 5.41) is 13.9. The minimum Gasteiger partial charge on any atom is -0.387 e. The largest absolute Gasteiger partial charge is 0.472 e. The van der Waals surface area contributed by atoms with Crippen LogP contribution in [0, 0.1) is 0 Å². The highest BCUT2D eigenvalue weighted by Crippen LogP contribution is 2.43. The SMILES string of the molecule is CC/C=C\C/C=C\C/C=C\C/C=C\C/C=C\C/C=C\C/C=C\C/C=C\C/C=C\CCCC(=O)NC(COP(=O)(O)OCC[N+](C)(C)C)C(O)/C=C/CC/C=C/CC/C=C/CCCCCCCCCCCCCCC. The van der Waals surface area contributed by atoms with E-state index in [1.807, 2.05) is 27.2 Å². The molecule has 0 aliphatic carbocycles. The second kappa shape index (κ2) is 54.2. The Morgan fingerprint density at radius 2 is 0.824 bits per heavy atom. The van der Waals surface area contributed by atoms with Crippen LogP contribution >= 0.6 is 7.82 Å². The number of likely N-dealkylation sites (N-methyl/N-ethyl adjacent to an activating group) is 1. The Morgan fingerprint density at radius 1 is 0.473 bits per heavy atom. The van der Waals surface area contributed by atoms with E-state index in [0.717, 1.165) is 89.9 Å². The summed E-state index contributed by atoms with van der Waals surface area (Å²) < 4.78 is 23.6. The van der Waals surface area contributed by atoms with Crippen LogP contribution in [0.3, 0.4) is 0 Å².